The summed E-state index contributed by atoms with van der Waals surface area (Å²) in [5, 5.41) is 0. The molecule has 3 aromatic carbocycles. The molecule has 0 saturated carbocycles. The second kappa shape index (κ2) is 9.95. The van der Waals surface area contributed by atoms with Crippen LogP contribution in [0.2, 0.25) is 0 Å². The zero-order valence-corrected chi connectivity index (χ0v) is 24.2. The summed E-state index contributed by atoms with van der Waals surface area (Å²) in [4.78, 5) is 26.6. The van der Waals surface area contributed by atoms with Crippen LogP contribution in [0.4, 0.5) is 11.4 Å². The number of primary amides is 1. The molecule has 2 N–H and O–H groups in total. The minimum atomic E-state index is -0.551. The lowest BCUT2D eigenvalue weighted by atomic mass is 10.1. The number of benzene rings is 3. The molecule has 0 heterocycles. The third-order valence-electron chi connectivity index (χ3n) is 4.13. The molecule has 30 heavy (non-hydrogen) atoms. The number of carbonyl (C=O) groups excluding carboxylic acids is 2. The van der Waals surface area contributed by atoms with E-state index in [2.05, 4.69) is 95.6 Å². The van der Waals surface area contributed by atoms with E-state index in [1.54, 1.807) is 17.0 Å². The van der Waals surface area contributed by atoms with Crippen molar-refractivity contribution >= 4 is 119 Å². The van der Waals surface area contributed by atoms with Gasteiger partial charge in [-0.1, -0.05) is 0 Å². The summed E-state index contributed by atoms with van der Waals surface area (Å²) in [7, 11) is 0. The second-order valence-electron chi connectivity index (χ2n) is 5.97. The minimum absolute atomic E-state index is 0.282. The van der Waals surface area contributed by atoms with Gasteiger partial charge in [0, 0.05) is 29.0 Å². The van der Waals surface area contributed by atoms with E-state index in [1.807, 2.05) is 24.3 Å². The van der Waals surface area contributed by atoms with Crippen molar-refractivity contribution in [1.82, 2.24) is 0 Å². The Morgan fingerprint density at radius 2 is 1.00 bits per heavy atom. The Bertz CT molecular complexity index is 1110. The van der Waals surface area contributed by atoms with Crippen molar-refractivity contribution in [2.75, 3.05) is 4.90 Å². The summed E-state index contributed by atoms with van der Waals surface area (Å²) in [6, 6.07) is 13.6. The number of hydrogen-bond donors (Lipinski definition) is 1. The highest BCUT2D eigenvalue weighted by Crippen LogP contribution is 2.45. The standard InChI is InChI=1S/C20H10Br6N2O2/c21-11-5-7-13(17(25)15(11)23)28(14-8-6-12(22)16(24)18(14)26)20(30)10-3-1-9(2-4-10)19(27)29/h1-8H,(H2,27,29). The maximum atomic E-state index is 13.6. The molecule has 0 aromatic heterocycles. The van der Waals surface area contributed by atoms with Crippen LogP contribution in [0.25, 0.3) is 0 Å². The largest absolute Gasteiger partial charge is 0.366 e. The maximum Gasteiger partial charge on any atom is 0.262 e. The Labute approximate surface area is 223 Å². The van der Waals surface area contributed by atoms with Gasteiger partial charge in [0.15, 0.2) is 0 Å². The first-order chi connectivity index (χ1) is 14.1. The van der Waals surface area contributed by atoms with Crippen molar-refractivity contribution in [2.24, 2.45) is 5.73 Å². The Balaban J connectivity index is 2.23. The van der Waals surface area contributed by atoms with Gasteiger partial charge in [0.25, 0.3) is 5.91 Å². The van der Waals surface area contributed by atoms with Crippen LogP contribution >= 0.6 is 95.6 Å². The lowest BCUT2D eigenvalue weighted by molar-refractivity contribution is 0.0988. The van der Waals surface area contributed by atoms with Gasteiger partial charge >= 0.3 is 0 Å². The molecule has 0 aliphatic rings. The van der Waals surface area contributed by atoms with Crippen molar-refractivity contribution in [3.05, 3.63) is 86.5 Å². The fraction of sp³-hybridized carbons (Fsp3) is 0. The van der Waals surface area contributed by atoms with E-state index < -0.39 is 5.91 Å². The van der Waals surface area contributed by atoms with E-state index in [0.29, 0.717) is 31.4 Å². The van der Waals surface area contributed by atoms with Crippen LogP contribution in [0.15, 0.2) is 75.4 Å². The number of hydrogen-bond acceptors (Lipinski definition) is 2. The lowest BCUT2D eigenvalue weighted by Crippen LogP contribution is -2.27. The van der Waals surface area contributed by atoms with E-state index in [1.165, 1.54) is 12.1 Å². The molecular weight excluding hydrogens is 780 g/mol. The van der Waals surface area contributed by atoms with E-state index in [0.717, 1.165) is 17.9 Å². The van der Waals surface area contributed by atoms with Gasteiger partial charge in [-0.3, -0.25) is 14.5 Å². The van der Waals surface area contributed by atoms with Crippen LogP contribution in [0.5, 0.6) is 0 Å². The summed E-state index contributed by atoms with van der Waals surface area (Å²) < 4.78 is 4.62. The van der Waals surface area contributed by atoms with Gasteiger partial charge in [-0.05, 0) is 144 Å². The Kier molecular flexibility index (Phi) is 8.01. The van der Waals surface area contributed by atoms with Crippen LogP contribution in [-0.4, -0.2) is 11.8 Å². The number of halogens is 6. The number of carbonyl (C=O) groups is 2. The van der Waals surface area contributed by atoms with Crippen molar-refractivity contribution in [3.63, 3.8) is 0 Å². The molecule has 0 aliphatic heterocycles. The predicted molar refractivity (Wildman–Crippen MR) is 141 cm³/mol. The summed E-state index contributed by atoms with van der Waals surface area (Å²) in [5.74, 6) is -0.833. The summed E-state index contributed by atoms with van der Waals surface area (Å²) in [5.41, 5.74) is 7.31. The SMILES string of the molecule is NC(=O)c1ccc(C(=O)N(c2ccc(Br)c(Br)c2Br)c2ccc(Br)c(Br)c2Br)cc1. The number of nitrogens with two attached hydrogens (primary N) is 1. The molecule has 154 valence electrons. The fourth-order valence-electron chi connectivity index (χ4n) is 2.63. The van der Waals surface area contributed by atoms with Gasteiger partial charge in [0.1, 0.15) is 0 Å². The van der Waals surface area contributed by atoms with Crippen LogP contribution < -0.4 is 10.6 Å². The average molecular weight is 790 g/mol. The highest BCUT2D eigenvalue weighted by Gasteiger charge is 2.26. The van der Waals surface area contributed by atoms with Crippen LogP contribution in [0, 0.1) is 0 Å². The van der Waals surface area contributed by atoms with Gasteiger partial charge in [-0.2, -0.15) is 0 Å². The van der Waals surface area contributed by atoms with Gasteiger partial charge < -0.3 is 5.73 Å². The van der Waals surface area contributed by atoms with Crippen molar-refractivity contribution in [2.45, 2.75) is 0 Å². The Hall–Kier alpha value is -0.520. The maximum absolute atomic E-state index is 13.6. The molecule has 4 nitrogen and oxygen atoms in total. The molecule has 0 spiro atoms. The molecule has 0 radical (unpaired) electrons. The molecule has 10 heteroatoms. The molecule has 2 amide bonds. The average Bonchev–Trinajstić information content (AvgIpc) is 2.73. The Morgan fingerprint density at radius 1 is 0.600 bits per heavy atom. The highest BCUT2D eigenvalue weighted by atomic mass is 79.9. The molecule has 0 bridgehead atoms. The second-order valence-corrected chi connectivity index (χ2v) is 10.9. The van der Waals surface area contributed by atoms with E-state index in [4.69, 9.17) is 5.73 Å². The normalized spacial score (nSPS) is 10.7. The monoisotopic (exact) mass is 784 g/mol. The molecule has 0 atom stereocenters. The van der Waals surface area contributed by atoms with E-state index in [-0.39, 0.29) is 5.91 Å². The summed E-state index contributed by atoms with van der Waals surface area (Å²) in [6.45, 7) is 0. The van der Waals surface area contributed by atoms with E-state index >= 15 is 0 Å². The van der Waals surface area contributed by atoms with Crippen molar-refractivity contribution < 1.29 is 9.59 Å². The van der Waals surface area contributed by atoms with Gasteiger partial charge in [-0.25, -0.2) is 0 Å². The number of amides is 2. The molecule has 3 aromatic rings. The fourth-order valence-corrected chi connectivity index (χ4v) is 5.54. The summed E-state index contributed by atoms with van der Waals surface area (Å²) in [6.07, 6.45) is 0. The zero-order chi connectivity index (χ0) is 22.2. The van der Waals surface area contributed by atoms with Crippen molar-refractivity contribution in [1.29, 1.82) is 0 Å². The predicted octanol–water partition coefficient (Wildman–Crippen LogP) is 8.34. The highest BCUT2D eigenvalue weighted by molar-refractivity contribution is 9.15. The lowest BCUT2D eigenvalue weighted by Gasteiger charge is -2.27. The van der Waals surface area contributed by atoms with Gasteiger partial charge in [0.05, 0.1) is 20.3 Å². The summed E-state index contributed by atoms with van der Waals surface area (Å²) >= 11 is 21.2. The third kappa shape index (κ3) is 4.78. The van der Waals surface area contributed by atoms with Crippen molar-refractivity contribution in [3.8, 4) is 0 Å². The molecule has 0 aliphatic carbocycles. The van der Waals surface area contributed by atoms with E-state index in [9.17, 15) is 9.59 Å². The topological polar surface area (TPSA) is 63.4 Å². The number of nitrogens with zero attached hydrogens (tertiary/aromatic N) is 1. The first-order valence-corrected chi connectivity index (χ1v) is 12.9. The van der Waals surface area contributed by atoms with Crippen LogP contribution in [-0.2, 0) is 0 Å². The number of anilines is 2. The van der Waals surface area contributed by atoms with Gasteiger partial charge in [0.2, 0.25) is 5.91 Å². The first kappa shape index (κ1) is 24.1. The van der Waals surface area contributed by atoms with Gasteiger partial charge in [-0.15, -0.1) is 0 Å². The quantitative estimate of drug-likeness (QED) is 0.271. The number of rotatable bonds is 4. The zero-order valence-electron chi connectivity index (χ0n) is 14.7. The third-order valence-corrected chi connectivity index (χ3v) is 10.8. The molecule has 0 unspecified atom stereocenters. The molecule has 0 saturated heterocycles. The van der Waals surface area contributed by atoms with Crippen LogP contribution in [0.1, 0.15) is 20.7 Å². The van der Waals surface area contributed by atoms with Crippen LogP contribution in [0.3, 0.4) is 0 Å². The minimum Gasteiger partial charge on any atom is -0.366 e. The molecule has 3 rings (SSSR count). The Morgan fingerprint density at radius 3 is 1.40 bits per heavy atom. The smallest absolute Gasteiger partial charge is 0.262 e. The molecular formula is C20H10Br6N2O2. The first-order valence-electron chi connectivity index (χ1n) is 8.14. The molecule has 0 fully saturated rings.